The van der Waals surface area contributed by atoms with Gasteiger partial charge in [-0.15, -0.1) is 10.2 Å². The summed E-state index contributed by atoms with van der Waals surface area (Å²) in [6, 6.07) is 11.4. The number of aromatic nitrogens is 4. The van der Waals surface area contributed by atoms with Gasteiger partial charge in [0.2, 0.25) is 0 Å². The van der Waals surface area contributed by atoms with E-state index in [1.54, 1.807) is 12.1 Å². The number of hydrogen-bond donors (Lipinski definition) is 0. The van der Waals surface area contributed by atoms with Crippen LogP contribution in [0, 0.1) is 0 Å². The number of para-hydroxylation sites is 2. The molecule has 0 radical (unpaired) electrons. The molecule has 3 heterocycles. The lowest BCUT2D eigenvalue weighted by molar-refractivity contribution is -0.142. The molecule has 0 aliphatic carbocycles. The number of ether oxygens (including phenoxy) is 1. The van der Waals surface area contributed by atoms with Crippen LogP contribution in [0.5, 0.6) is 0 Å². The average Bonchev–Trinajstić information content (AvgIpc) is 3.45. The summed E-state index contributed by atoms with van der Waals surface area (Å²) in [5.41, 5.74) is 1.99. The maximum Gasteiger partial charge on any atom is 0.316 e. The van der Waals surface area contributed by atoms with Crippen molar-refractivity contribution in [3.8, 4) is 11.7 Å². The van der Waals surface area contributed by atoms with Crippen LogP contribution in [0.25, 0.3) is 22.7 Å². The smallest absolute Gasteiger partial charge is 0.316 e. The third kappa shape index (κ3) is 3.94. The van der Waals surface area contributed by atoms with Crippen LogP contribution in [0.4, 0.5) is 0 Å². The van der Waals surface area contributed by atoms with Crippen LogP contribution in [-0.4, -0.2) is 31.5 Å². The van der Waals surface area contributed by atoms with E-state index < -0.39 is 0 Å². The Hall–Kier alpha value is -3.07. The minimum Gasteiger partial charge on any atom is -0.459 e. The van der Waals surface area contributed by atoms with E-state index >= 15 is 0 Å². The molecule has 0 aliphatic heterocycles. The number of imidazole rings is 1. The second kappa shape index (κ2) is 8.30. The number of fused-ring (bicyclic) bond motifs is 1. The molecule has 0 unspecified atom stereocenters. The highest BCUT2D eigenvalue weighted by molar-refractivity contribution is 7.99. The van der Waals surface area contributed by atoms with Crippen molar-refractivity contribution in [2.45, 2.75) is 31.7 Å². The van der Waals surface area contributed by atoms with Crippen molar-refractivity contribution in [1.82, 2.24) is 19.7 Å². The first-order valence-electron chi connectivity index (χ1n) is 8.84. The van der Waals surface area contributed by atoms with Gasteiger partial charge in [-0.05, 0) is 30.7 Å². The molecular weight excluding hydrogens is 380 g/mol. The van der Waals surface area contributed by atoms with Gasteiger partial charge in [-0.2, -0.15) is 0 Å². The van der Waals surface area contributed by atoms with Gasteiger partial charge in [-0.3, -0.25) is 4.79 Å². The van der Waals surface area contributed by atoms with Crippen molar-refractivity contribution in [1.29, 1.82) is 0 Å². The molecule has 8 nitrogen and oxygen atoms in total. The molecule has 28 heavy (non-hydrogen) atoms. The largest absolute Gasteiger partial charge is 0.459 e. The monoisotopic (exact) mass is 398 g/mol. The lowest BCUT2D eigenvalue weighted by Crippen LogP contribution is -2.09. The van der Waals surface area contributed by atoms with Gasteiger partial charge in [0.25, 0.3) is 11.8 Å². The highest BCUT2D eigenvalue weighted by Gasteiger charge is 2.15. The van der Waals surface area contributed by atoms with Crippen molar-refractivity contribution < 1.29 is 18.4 Å². The molecule has 0 bridgehead atoms. The summed E-state index contributed by atoms with van der Waals surface area (Å²) >= 11 is 1.35. The fraction of sp³-hybridized carbons (Fsp3) is 0.263. The third-order valence-electron chi connectivity index (χ3n) is 3.94. The molecule has 1 aromatic carbocycles. The number of esters is 1. The van der Waals surface area contributed by atoms with Crippen molar-refractivity contribution in [3.05, 3.63) is 48.6 Å². The van der Waals surface area contributed by atoms with E-state index in [9.17, 15) is 4.79 Å². The van der Waals surface area contributed by atoms with Gasteiger partial charge in [0.1, 0.15) is 0 Å². The Kier molecular flexibility index (Phi) is 5.43. The highest BCUT2D eigenvalue weighted by Crippen LogP contribution is 2.25. The Morgan fingerprint density at radius 3 is 2.93 bits per heavy atom. The summed E-state index contributed by atoms with van der Waals surface area (Å²) in [5.74, 6) is 0.696. The van der Waals surface area contributed by atoms with Gasteiger partial charge in [-0.25, -0.2) is 4.98 Å². The summed E-state index contributed by atoms with van der Waals surface area (Å²) in [6.45, 7) is 2.87. The summed E-state index contributed by atoms with van der Waals surface area (Å²) in [6.07, 6.45) is 2.50. The summed E-state index contributed by atoms with van der Waals surface area (Å²) < 4.78 is 18.0. The number of benzene rings is 1. The first-order valence-corrected chi connectivity index (χ1v) is 9.83. The molecule has 0 N–H and O–H groups in total. The number of rotatable bonds is 8. The zero-order valence-electron chi connectivity index (χ0n) is 15.2. The molecular formula is C19H18N4O4S. The zero-order chi connectivity index (χ0) is 19.3. The fourth-order valence-corrected chi connectivity index (χ4v) is 3.56. The Labute approximate surface area is 164 Å². The van der Waals surface area contributed by atoms with Crippen LogP contribution >= 0.6 is 11.8 Å². The molecule has 0 saturated carbocycles. The lowest BCUT2D eigenvalue weighted by atomic mass is 10.3. The number of thioether (sulfide) groups is 1. The predicted molar refractivity (Wildman–Crippen MR) is 103 cm³/mol. The van der Waals surface area contributed by atoms with E-state index in [1.165, 1.54) is 18.0 Å². The molecule has 0 aliphatic rings. The van der Waals surface area contributed by atoms with E-state index in [1.807, 2.05) is 24.3 Å². The van der Waals surface area contributed by atoms with E-state index in [0.717, 1.165) is 29.2 Å². The van der Waals surface area contributed by atoms with Gasteiger partial charge in [0.15, 0.2) is 17.5 Å². The maximum atomic E-state index is 12.1. The Morgan fingerprint density at radius 2 is 2.11 bits per heavy atom. The Morgan fingerprint density at radius 1 is 1.21 bits per heavy atom. The Bertz CT molecular complexity index is 1070. The number of carbonyl (C=O) groups is 1. The number of aryl methyl sites for hydroxylation is 1. The van der Waals surface area contributed by atoms with Gasteiger partial charge >= 0.3 is 5.97 Å². The topological polar surface area (TPSA) is 96.2 Å². The van der Waals surface area contributed by atoms with Gasteiger partial charge in [-0.1, -0.05) is 30.8 Å². The molecule has 0 amide bonds. The molecule has 4 rings (SSSR count). The van der Waals surface area contributed by atoms with Gasteiger partial charge < -0.3 is 18.1 Å². The molecule has 0 spiro atoms. The lowest BCUT2D eigenvalue weighted by Gasteiger charge is -2.07. The van der Waals surface area contributed by atoms with Crippen molar-refractivity contribution >= 4 is 28.8 Å². The molecule has 4 aromatic rings. The number of nitrogens with zero attached hydrogens (tertiary/aromatic N) is 4. The first-order chi connectivity index (χ1) is 13.7. The Balaban J connectivity index is 1.35. The second-order valence-corrected chi connectivity index (χ2v) is 6.90. The van der Waals surface area contributed by atoms with Gasteiger partial charge in [0.05, 0.1) is 23.0 Å². The maximum absolute atomic E-state index is 12.1. The van der Waals surface area contributed by atoms with Crippen LogP contribution in [-0.2, 0) is 22.7 Å². The third-order valence-corrected chi connectivity index (χ3v) is 4.89. The van der Waals surface area contributed by atoms with Gasteiger partial charge in [0, 0.05) is 6.54 Å². The quantitative estimate of drug-likeness (QED) is 0.325. The minimum absolute atomic E-state index is 0.0848. The molecule has 0 fully saturated rings. The van der Waals surface area contributed by atoms with Crippen LogP contribution in [0.1, 0.15) is 19.2 Å². The SMILES string of the molecule is CCCn1c(SCC(=O)OCc2nnc(-c3ccco3)o2)nc2ccccc21. The summed E-state index contributed by atoms with van der Waals surface area (Å²) in [5, 5.41) is 8.52. The predicted octanol–water partition coefficient (Wildman–Crippen LogP) is 3.92. The number of hydrogen-bond acceptors (Lipinski definition) is 8. The van der Waals surface area contributed by atoms with Crippen LogP contribution in [0.2, 0.25) is 0 Å². The zero-order valence-corrected chi connectivity index (χ0v) is 16.0. The molecule has 0 saturated heterocycles. The molecule has 144 valence electrons. The van der Waals surface area contributed by atoms with E-state index in [0.29, 0.717) is 5.76 Å². The van der Waals surface area contributed by atoms with Crippen molar-refractivity contribution in [2.24, 2.45) is 0 Å². The normalized spacial score (nSPS) is 11.2. The number of carbonyl (C=O) groups excluding carboxylic acids is 1. The second-order valence-electron chi connectivity index (χ2n) is 5.96. The van der Waals surface area contributed by atoms with Crippen LogP contribution < -0.4 is 0 Å². The van der Waals surface area contributed by atoms with E-state index in [-0.39, 0.29) is 30.1 Å². The van der Waals surface area contributed by atoms with E-state index in [4.69, 9.17) is 13.6 Å². The summed E-state index contributed by atoms with van der Waals surface area (Å²) in [7, 11) is 0. The molecule has 3 aromatic heterocycles. The van der Waals surface area contributed by atoms with Crippen molar-refractivity contribution in [3.63, 3.8) is 0 Å². The van der Waals surface area contributed by atoms with Crippen molar-refractivity contribution in [2.75, 3.05) is 5.75 Å². The fourth-order valence-electron chi connectivity index (χ4n) is 2.72. The standard InChI is InChI=1S/C19H18N4O4S/c1-2-9-23-14-7-4-3-6-13(14)20-19(23)28-12-17(24)26-11-16-21-22-18(27-16)15-8-5-10-25-15/h3-8,10H,2,9,11-12H2,1H3. The van der Waals surface area contributed by atoms with Crippen LogP contribution in [0.3, 0.4) is 0 Å². The minimum atomic E-state index is -0.377. The molecule has 9 heteroatoms. The summed E-state index contributed by atoms with van der Waals surface area (Å²) in [4.78, 5) is 16.7. The number of furan rings is 1. The molecule has 0 atom stereocenters. The average molecular weight is 398 g/mol. The first kappa shape index (κ1) is 18.3. The van der Waals surface area contributed by atoms with E-state index in [2.05, 4.69) is 26.7 Å². The highest BCUT2D eigenvalue weighted by atomic mass is 32.2. The van der Waals surface area contributed by atoms with Crippen LogP contribution in [0.15, 0.2) is 56.7 Å².